The second-order valence-corrected chi connectivity index (χ2v) is 6.70. The third-order valence-electron chi connectivity index (χ3n) is 4.54. The molecule has 0 bridgehead atoms. The summed E-state index contributed by atoms with van der Waals surface area (Å²) in [6.45, 7) is 3.46. The van der Waals surface area contributed by atoms with Crippen molar-refractivity contribution < 1.29 is 18.7 Å². The number of carbonyl (C=O) groups excluding carboxylic acids is 1. The fourth-order valence-electron chi connectivity index (χ4n) is 3.05. The normalized spacial score (nSPS) is 10.4. The first-order valence-corrected chi connectivity index (χ1v) is 9.62. The number of hydrogen-bond donors (Lipinski definition) is 2. The number of carbonyl (C=O) groups is 1. The van der Waals surface area contributed by atoms with Crippen LogP contribution < -0.4 is 20.1 Å². The summed E-state index contributed by atoms with van der Waals surface area (Å²) in [7, 11) is 1.52. The minimum Gasteiger partial charge on any atom is -0.493 e. The summed E-state index contributed by atoms with van der Waals surface area (Å²) in [6, 6.07) is 16.4. The molecule has 1 amide bonds. The molecular formula is C24H19FN4O3. The molecule has 0 aliphatic carbocycles. The van der Waals surface area contributed by atoms with E-state index in [0.29, 0.717) is 45.3 Å². The zero-order chi connectivity index (χ0) is 22.5. The highest BCUT2D eigenvalue weighted by Crippen LogP contribution is 2.35. The van der Waals surface area contributed by atoms with E-state index in [2.05, 4.69) is 27.2 Å². The number of nitrogens with one attached hydrogen (secondary N) is 2. The van der Waals surface area contributed by atoms with Gasteiger partial charge >= 0.3 is 0 Å². The molecule has 3 aromatic carbocycles. The molecule has 0 fully saturated rings. The molecule has 1 aromatic heterocycles. The summed E-state index contributed by atoms with van der Waals surface area (Å²) in [4.78, 5) is 20.2. The van der Waals surface area contributed by atoms with E-state index >= 15 is 0 Å². The van der Waals surface area contributed by atoms with Crippen LogP contribution in [0.1, 0.15) is 0 Å². The van der Waals surface area contributed by atoms with Gasteiger partial charge in [0.15, 0.2) is 11.5 Å². The summed E-state index contributed by atoms with van der Waals surface area (Å²) in [6.07, 6.45) is 2.65. The van der Waals surface area contributed by atoms with Gasteiger partial charge in [0.05, 0.1) is 12.6 Å². The van der Waals surface area contributed by atoms with Gasteiger partial charge in [0, 0.05) is 28.9 Å². The number of fused-ring (bicyclic) bond motifs is 1. The average Bonchev–Trinajstić information content (AvgIpc) is 2.80. The van der Waals surface area contributed by atoms with Crippen LogP contribution in [0.3, 0.4) is 0 Å². The SMILES string of the molecule is C=CC(=O)Nc1ccc2ncnc(Nc3ccc(Oc4cccc(F)c4)c(OC)c3)c2c1. The zero-order valence-corrected chi connectivity index (χ0v) is 17.1. The van der Waals surface area contributed by atoms with E-state index in [1.165, 1.54) is 31.6 Å². The van der Waals surface area contributed by atoms with Gasteiger partial charge in [-0.05, 0) is 48.5 Å². The number of nitrogens with zero attached hydrogens (tertiary/aromatic N) is 2. The standard InChI is InChI=1S/C24H19FN4O3/c1-3-23(30)28-16-7-9-20-19(12-16)24(27-14-26-20)29-17-8-10-21(22(13-17)31-2)32-18-6-4-5-15(25)11-18/h3-14H,1H2,2H3,(H,28,30)(H,26,27,29). The Kier molecular flexibility index (Phi) is 5.94. The Bertz CT molecular complexity index is 1310. The van der Waals surface area contributed by atoms with Crippen LogP contribution in [0.15, 0.2) is 79.6 Å². The Morgan fingerprint density at radius 3 is 2.66 bits per heavy atom. The van der Waals surface area contributed by atoms with E-state index in [1.807, 2.05) is 0 Å². The van der Waals surface area contributed by atoms with Crippen LogP contribution >= 0.6 is 0 Å². The van der Waals surface area contributed by atoms with Crippen molar-refractivity contribution in [2.75, 3.05) is 17.7 Å². The van der Waals surface area contributed by atoms with Crippen LogP contribution in [-0.2, 0) is 4.79 Å². The molecule has 0 radical (unpaired) electrons. The number of aromatic nitrogens is 2. The fraction of sp³-hybridized carbons (Fsp3) is 0.0417. The highest BCUT2D eigenvalue weighted by Gasteiger charge is 2.11. The molecule has 0 saturated heterocycles. The maximum absolute atomic E-state index is 13.4. The van der Waals surface area contributed by atoms with Crippen molar-refractivity contribution >= 4 is 34.0 Å². The van der Waals surface area contributed by atoms with E-state index in [0.717, 1.165) is 0 Å². The number of ether oxygens (including phenoxy) is 2. The molecule has 8 heteroatoms. The lowest BCUT2D eigenvalue weighted by Gasteiger charge is -2.14. The number of amides is 1. The number of anilines is 3. The number of methoxy groups -OCH3 is 1. The summed E-state index contributed by atoms with van der Waals surface area (Å²) >= 11 is 0. The third-order valence-corrected chi connectivity index (χ3v) is 4.54. The molecule has 4 rings (SSSR count). The molecule has 160 valence electrons. The smallest absolute Gasteiger partial charge is 0.247 e. The molecule has 7 nitrogen and oxygen atoms in total. The zero-order valence-electron chi connectivity index (χ0n) is 17.1. The molecule has 32 heavy (non-hydrogen) atoms. The van der Waals surface area contributed by atoms with Crippen molar-refractivity contribution in [3.63, 3.8) is 0 Å². The van der Waals surface area contributed by atoms with Crippen molar-refractivity contribution in [2.24, 2.45) is 0 Å². The lowest BCUT2D eigenvalue weighted by molar-refractivity contribution is -0.111. The van der Waals surface area contributed by atoms with Gasteiger partial charge < -0.3 is 20.1 Å². The van der Waals surface area contributed by atoms with Gasteiger partial charge in [-0.2, -0.15) is 0 Å². The van der Waals surface area contributed by atoms with Crippen LogP contribution in [0.4, 0.5) is 21.6 Å². The van der Waals surface area contributed by atoms with Gasteiger partial charge in [-0.15, -0.1) is 0 Å². The van der Waals surface area contributed by atoms with Gasteiger partial charge in [-0.25, -0.2) is 14.4 Å². The van der Waals surface area contributed by atoms with E-state index in [9.17, 15) is 9.18 Å². The Labute approximate surface area is 183 Å². The van der Waals surface area contributed by atoms with Gasteiger partial charge in [0.2, 0.25) is 5.91 Å². The van der Waals surface area contributed by atoms with Crippen molar-refractivity contribution in [3.05, 3.63) is 85.5 Å². The minimum absolute atomic E-state index is 0.311. The van der Waals surface area contributed by atoms with Gasteiger partial charge in [0.1, 0.15) is 23.7 Å². The Morgan fingerprint density at radius 1 is 1.03 bits per heavy atom. The first-order valence-electron chi connectivity index (χ1n) is 9.62. The van der Waals surface area contributed by atoms with E-state index in [4.69, 9.17) is 9.47 Å². The molecule has 0 unspecified atom stereocenters. The van der Waals surface area contributed by atoms with Crippen LogP contribution in [0.5, 0.6) is 17.2 Å². The first-order chi connectivity index (χ1) is 15.6. The predicted molar refractivity (Wildman–Crippen MR) is 121 cm³/mol. The van der Waals surface area contributed by atoms with Gasteiger partial charge in [-0.1, -0.05) is 12.6 Å². The van der Waals surface area contributed by atoms with Gasteiger partial charge in [-0.3, -0.25) is 4.79 Å². The van der Waals surface area contributed by atoms with Gasteiger partial charge in [0.25, 0.3) is 0 Å². The highest BCUT2D eigenvalue weighted by molar-refractivity contribution is 6.01. The van der Waals surface area contributed by atoms with E-state index in [1.54, 1.807) is 48.5 Å². The second-order valence-electron chi connectivity index (χ2n) is 6.70. The number of rotatable bonds is 7. The van der Waals surface area contributed by atoms with Crippen LogP contribution in [-0.4, -0.2) is 23.0 Å². The Morgan fingerprint density at radius 2 is 1.88 bits per heavy atom. The molecule has 1 heterocycles. The van der Waals surface area contributed by atoms with E-state index < -0.39 is 0 Å². The van der Waals surface area contributed by atoms with Crippen molar-refractivity contribution in [2.45, 2.75) is 0 Å². The lowest BCUT2D eigenvalue weighted by atomic mass is 10.2. The monoisotopic (exact) mass is 430 g/mol. The molecule has 0 aliphatic rings. The molecule has 4 aromatic rings. The number of benzene rings is 3. The molecule has 0 atom stereocenters. The van der Waals surface area contributed by atoms with Crippen LogP contribution in [0.2, 0.25) is 0 Å². The van der Waals surface area contributed by atoms with Crippen molar-refractivity contribution in [3.8, 4) is 17.2 Å². The first kappa shape index (κ1) is 20.8. The van der Waals surface area contributed by atoms with Crippen molar-refractivity contribution in [1.29, 1.82) is 0 Å². The van der Waals surface area contributed by atoms with Crippen LogP contribution in [0.25, 0.3) is 10.9 Å². The summed E-state index contributed by atoms with van der Waals surface area (Å²) in [5.41, 5.74) is 1.99. The molecule has 0 saturated carbocycles. The molecule has 0 spiro atoms. The largest absolute Gasteiger partial charge is 0.493 e. The van der Waals surface area contributed by atoms with Crippen LogP contribution in [0, 0.1) is 5.82 Å². The summed E-state index contributed by atoms with van der Waals surface area (Å²) in [5, 5.41) is 6.68. The minimum atomic E-state index is -0.390. The third kappa shape index (κ3) is 4.65. The fourth-order valence-corrected chi connectivity index (χ4v) is 3.05. The maximum atomic E-state index is 13.4. The maximum Gasteiger partial charge on any atom is 0.247 e. The Balaban J connectivity index is 1.62. The molecule has 0 aliphatic heterocycles. The molecular weight excluding hydrogens is 411 g/mol. The number of hydrogen-bond acceptors (Lipinski definition) is 6. The summed E-state index contributed by atoms with van der Waals surface area (Å²) < 4.78 is 24.6. The van der Waals surface area contributed by atoms with Crippen molar-refractivity contribution in [1.82, 2.24) is 9.97 Å². The predicted octanol–water partition coefficient (Wildman–Crippen LogP) is 5.44. The average molecular weight is 430 g/mol. The topological polar surface area (TPSA) is 85.4 Å². The number of halogens is 1. The lowest BCUT2D eigenvalue weighted by Crippen LogP contribution is -2.07. The second kappa shape index (κ2) is 9.13. The van der Waals surface area contributed by atoms with E-state index in [-0.39, 0.29) is 11.7 Å². The Hall–Kier alpha value is -4.46. The summed E-state index contributed by atoms with van der Waals surface area (Å²) in [5.74, 6) is 1.10. The quantitative estimate of drug-likeness (QED) is 0.380. The molecule has 2 N–H and O–H groups in total. The highest BCUT2D eigenvalue weighted by atomic mass is 19.1.